The summed E-state index contributed by atoms with van der Waals surface area (Å²) >= 11 is 1.43. The lowest BCUT2D eigenvalue weighted by Crippen LogP contribution is -2.23. The maximum Gasteiger partial charge on any atom is 0.262 e. The SMILES string of the molecule is O=C(CCn1cnc2sccc2c1=O)Nc1ccc2[nH]ncc2c1. The second-order valence-electron chi connectivity index (χ2n) is 5.35. The van der Waals surface area contributed by atoms with Crippen molar-refractivity contribution in [1.29, 1.82) is 0 Å². The largest absolute Gasteiger partial charge is 0.326 e. The number of carbonyl (C=O) groups excluding carboxylic acids is 1. The summed E-state index contributed by atoms with van der Waals surface area (Å²) in [6, 6.07) is 7.27. The van der Waals surface area contributed by atoms with E-state index in [1.54, 1.807) is 12.3 Å². The lowest BCUT2D eigenvalue weighted by atomic mass is 10.2. The molecule has 0 saturated carbocycles. The Morgan fingerprint density at radius 1 is 1.33 bits per heavy atom. The molecule has 0 atom stereocenters. The molecule has 4 aromatic rings. The van der Waals surface area contributed by atoms with Gasteiger partial charge in [-0.05, 0) is 29.6 Å². The Hall–Kier alpha value is -3.00. The molecule has 3 heterocycles. The second kappa shape index (κ2) is 5.89. The number of fused-ring (bicyclic) bond motifs is 2. The Balaban J connectivity index is 1.45. The van der Waals surface area contributed by atoms with Crippen molar-refractivity contribution < 1.29 is 4.79 Å². The van der Waals surface area contributed by atoms with Gasteiger partial charge in [0.1, 0.15) is 4.83 Å². The van der Waals surface area contributed by atoms with Crippen LogP contribution in [0.3, 0.4) is 0 Å². The third kappa shape index (κ3) is 2.67. The van der Waals surface area contributed by atoms with Crippen molar-refractivity contribution in [1.82, 2.24) is 19.7 Å². The quantitative estimate of drug-likeness (QED) is 0.597. The van der Waals surface area contributed by atoms with Crippen LogP contribution in [0.5, 0.6) is 0 Å². The topological polar surface area (TPSA) is 92.7 Å². The highest BCUT2D eigenvalue weighted by Crippen LogP contribution is 2.17. The minimum absolute atomic E-state index is 0.117. The molecule has 0 saturated heterocycles. The average Bonchev–Trinajstić information content (AvgIpc) is 3.23. The molecule has 0 fully saturated rings. The molecule has 4 rings (SSSR count). The van der Waals surface area contributed by atoms with Crippen LogP contribution in [0.2, 0.25) is 0 Å². The van der Waals surface area contributed by atoms with Crippen molar-refractivity contribution in [2.45, 2.75) is 13.0 Å². The molecule has 0 spiro atoms. The van der Waals surface area contributed by atoms with Gasteiger partial charge in [-0.15, -0.1) is 11.3 Å². The first-order valence-corrected chi connectivity index (χ1v) is 8.24. The molecule has 8 heteroatoms. The molecule has 3 aromatic heterocycles. The number of H-pyrrole nitrogens is 1. The molecule has 1 aromatic carbocycles. The Morgan fingerprint density at radius 3 is 3.17 bits per heavy atom. The Bertz CT molecular complexity index is 1090. The van der Waals surface area contributed by atoms with Gasteiger partial charge >= 0.3 is 0 Å². The molecule has 0 aliphatic heterocycles. The first-order chi connectivity index (χ1) is 11.7. The average molecular weight is 339 g/mol. The van der Waals surface area contributed by atoms with Crippen molar-refractivity contribution in [3.8, 4) is 0 Å². The second-order valence-corrected chi connectivity index (χ2v) is 6.25. The van der Waals surface area contributed by atoms with Crippen molar-refractivity contribution in [3.05, 3.63) is 52.5 Å². The van der Waals surface area contributed by atoms with Crippen LogP contribution in [0.4, 0.5) is 5.69 Å². The van der Waals surface area contributed by atoms with E-state index in [4.69, 9.17) is 0 Å². The highest BCUT2D eigenvalue weighted by atomic mass is 32.1. The third-order valence-electron chi connectivity index (χ3n) is 3.75. The summed E-state index contributed by atoms with van der Waals surface area (Å²) in [6.45, 7) is 0.289. The van der Waals surface area contributed by atoms with Crippen molar-refractivity contribution in [2.24, 2.45) is 0 Å². The summed E-state index contributed by atoms with van der Waals surface area (Å²) < 4.78 is 1.47. The lowest BCUT2D eigenvalue weighted by Gasteiger charge is -2.07. The Kier molecular flexibility index (Phi) is 3.58. The zero-order valence-corrected chi connectivity index (χ0v) is 13.3. The number of carbonyl (C=O) groups is 1. The monoisotopic (exact) mass is 339 g/mol. The highest BCUT2D eigenvalue weighted by Gasteiger charge is 2.08. The Morgan fingerprint density at radius 2 is 2.25 bits per heavy atom. The van der Waals surface area contributed by atoms with Crippen molar-refractivity contribution >= 4 is 44.1 Å². The normalized spacial score (nSPS) is 11.2. The van der Waals surface area contributed by atoms with Gasteiger partial charge in [0.05, 0.1) is 23.4 Å². The van der Waals surface area contributed by atoms with Crippen LogP contribution in [-0.4, -0.2) is 25.7 Å². The number of nitrogens with zero attached hydrogens (tertiary/aromatic N) is 3. The number of anilines is 1. The molecule has 2 N–H and O–H groups in total. The molecule has 120 valence electrons. The van der Waals surface area contributed by atoms with Gasteiger partial charge in [-0.25, -0.2) is 4.98 Å². The van der Waals surface area contributed by atoms with E-state index in [0.717, 1.165) is 10.9 Å². The zero-order valence-electron chi connectivity index (χ0n) is 12.5. The number of hydrogen-bond donors (Lipinski definition) is 2. The standard InChI is InChI=1S/C16H13N5O2S/c22-14(19-11-1-2-13-10(7-11)8-18-20-13)3-5-21-9-17-15-12(16(21)23)4-6-24-15/h1-2,4,6-9H,3,5H2,(H,18,20)(H,19,22). The number of aryl methyl sites for hydroxylation is 1. The summed E-state index contributed by atoms with van der Waals surface area (Å²) in [5.41, 5.74) is 1.50. The number of amides is 1. The van der Waals surface area contributed by atoms with E-state index in [1.807, 2.05) is 23.6 Å². The first-order valence-electron chi connectivity index (χ1n) is 7.36. The van der Waals surface area contributed by atoms with Crippen LogP contribution in [0.15, 0.2) is 47.0 Å². The van der Waals surface area contributed by atoms with Gasteiger partial charge < -0.3 is 5.32 Å². The summed E-state index contributed by atoms with van der Waals surface area (Å²) in [7, 11) is 0. The minimum atomic E-state index is -0.157. The number of rotatable bonds is 4. The van der Waals surface area contributed by atoms with Crippen molar-refractivity contribution in [2.75, 3.05) is 5.32 Å². The Labute approximate surface area is 140 Å². The maximum absolute atomic E-state index is 12.3. The fourth-order valence-corrected chi connectivity index (χ4v) is 3.24. The van der Waals surface area contributed by atoms with E-state index in [2.05, 4.69) is 20.5 Å². The van der Waals surface area contributed by atoms with Crippen LogP contribution in [0, 0.1) is 0 Å². The number of nitrogens with one attached hydrogen (secondary N) is 2. The summed E-state index contributed by atoms with van der Waals surface area (Å²) in [4.78, 5) is 29.3. The molecule has 0 aliphatic carbocycles. The molecular weight excluding hydrogens is 326 g/mol. The molecule has 0 aliphatic rings. The lowest BCUT2D eigenvalue weighted by molar-refractivity contribution is -0.116. The number of benzene rings is 1. The minimum Gasteiger partial charge on any atom is -0.326 e. The molecule has 24 heavy (non-hydrogen) atoms. The molecule has 0 unspecified atom stereocenters. The molecule has 7 nitrogen and oxygen atoms in total. The first kappa shape index (κ1) is 14.6. The van der Waals surface area contributed by atoms with Gasteiger partial charge in [0.2, 0.25) is 5.91 Å². The molecule has 1 amide bonds. The fourth-order valence-electron chi connectivity index (χ4n) is 2.52. The number of aromatic amines is 1. The van der Waals surface area contributed by atoms with E-state index in [9.17, 15) is 9.59 Å². The molecule has 0 radical (unpaired) electrons. The van der Waals surface area contributed by atoms with Crippen LogP contribution in [-0.2, 0) is 11.3 Å². The predicted octanol–water partition coefficient (Wildman–Crippen LogP) is 2.36. The predicted molar refractivity (Wildman–Crippen MR) is 93.2 cm³/mol. The summed E-state index contributed by atoms with van der Waals surface area (Å²) in [5, 5.41) is 13.0. The number of aromatic nitrogens is 4. The van der Waals surface area contributed by atoms with Crippen molar-refractivity contribution in [3.63, 3.8) is 0 Å². The smallest absolute Gasteiger partial charge is 0.262 e. The summed E-state index contributed by atoms with van der Waals surface area (Å²) in [6.07, 6.45) is 3.39. The van der Waals surface area contributed by atoms with E-state index >= 15 is 0 Å². The van der Waals surface area contributed by atoms with Crippen LogP contribution < -0.4 is 10.9 Å². The number of hydrogen-bond acceptors (Lipinski definition) is 5. The van der Waals surface area contributed by atoms with Crippen LogP contribution in [0.25, 0.3) is 21.1 Å². The van der Waals surface area contributed by atoms with E-state index < -0.39 is 0 Å². The van der Waals surface area contributed by atoms with Gasteiger partial charge in [0, 0.05) is 24.0 Å². The van der Waals surface area contributed by atoms with Crippen LogP contribution in [0.1, 0.15) is 6.42 Å². The van der Waals surface area contributed by atoms with E-state index in [-0.39, 0.29) is 24.4 Å². The zero-order chi connectivity index (χ0) is 16.5. The van der Waals surface area contributed by atoms with Gasteiger partial charge in [0.25, 0.3) is 5.56 Å². The van der Waals surface area contributed by atoms with E-state index in [0.29, 0.717) is 15.9 Å². The van der Waals surface area contributed by atoms with Crippen LogP contribution >= 0.6 is 11.3 Å². The highest BCUT2D eigenvalue weighted by molar-refractivity contribution is 7.16. The van der Waals surface area contributed by atoms with Gasteiger partial charge in [-0.2, -0.15) is 5.10 Å². The van der Waals surface area contributed by atoms with Gasteiger partial charge in [0.15, 0.2) is 0 Å². The molecular formula is C16H13N5O2S. The third-order valence-corrected chi connectivity index (χ3v) is 4.57. The maximum atomic E-state index is 12.3. The molecule has 0 bridgehead atoms. The van der Waals surface area contributed by atoms with E-state index in [1.165, 1.54) is 22.2 Å². The van der Waals surface area contributed by atoms with Gasteiger partial charge in [-0.1, -0.05) is 0 Å². The fraction of sp³-hybridized carbons (Fsp3) is 0.125. The summed E-state index contributed by atoms with van der Waals surface area (Å²) in [5.74, 6) is -0.157. The number of thiophene rings is 1. The van der Waals surface area contributed by atoms with Gasteiger partial charge in [-0.3, -0.25) is 19.3 Å².